The lowest BCUT2D eigenvalue weighted by Crippen LogP contribution is -2.14. The van der Waals surface area contributed by atoms with Gasteiger partial charge in [0.25, 0.3) is 5.91 Å². The molecule has 2 rings (SSSR count). The Kier molecular flexibility index (Phi) is 6.40. The third kappa shape index (κ3) is 5.15. The first kappa shape index (κ1) is 16.5. The standard InChI is InChI=1S/C17H20BrN3O/c1-2-3-4-10-19-15-9-11-20-16(12-15)17(22)21-14-7-5-13(18)6-8-14/h5-9,11-12H,2-4,10H2,1H3,(H,19,20)(H,21,22). The fourth-order valence-corrected chi connectivity index (χ4v) is 2.27. The van der Waals surface area contributed by atoms with E-state index >= 15 is 0 Å². The molecule has 1 amide bonds. The number of nitrogens with one attached hydrogen (secondary N) is 2. The first-order valence-electron chi connectivity index (χ1n) is 7.46. The summed E-state index contributed by atoms with van der Waals surface area (Å²) in [5, 5.41) is 6.16. The lowest BCUT2D eigenvalue weighted by atomic mass is 10.2. The van der Waals surface area contributed by atoms with Gasteiger partial charge in [-0.1, -0.05) is 35.7 Å². The predicted octanol–water partition coefficient (Wildman–Crippen LogP) is 4.70. The van der Waals surface area contributed by atoms with E-state index in [-0.39, 0.29) is 5.91 Å². The Morgan fingerprint density at radius 2 is 1.91 bits per heavy atom. The Morgan fingerprint density at radius 1 is 1.14 bits per heavy atom. The summed E-state index contributed by atoms with van der Waals surface area (Å²) >= 11 is 3.37. The van der Waals surface area contributed by atoms with E-state index in [0.29, 0.717) is 5.69 Å². The van der Waals surface area contributed by atoms with Gasteiger partial charge in [-0.3, -0.25) is 9.78 Å². The van der Waals surface area contributed by atoms with Gasteiger partial charge in [-0.2, -0.15) is 0 Å². The molecule has 0 aliphatic rings. The average Bonchev–Trinajstić information content (AvgIpc) is 2.54. The highest BCUT2D eigenvalue weighted by atomic mass is 79.9. The molecule has 1 heterocycles. The van der Waals surface area contributed by atoms with E-state index < -0.39 is 0 Å². The smallest absolute Gasteiger partial charge is 0.274 e. The van der Waals surface area contributed by atoms with Crippen LogP contribution < -0.4 is 10.6 Å². The summed E-state index contributed by atoms with van der Waals surface area (Å²) in [5.74, 6) is -0.209. The van der Waals surface area contributed by atoms with Gasteiger partial charge >= 0.3 is 0 Å². The van der Waals surface area contributed by atoms with Gasteiger partial charge in [0.05, 0.1) is 0 Å². The summed E-state index contributed by atoms with van der Waals surface area (Å²) in [6.07, 6.45) is 5.17. The molecule has 4 nitrogen and oxygen atoms in total. The van der Waals surface area contributed by atoms with E-state index in [9.17, 15) is 4.79 Å². The molecule has 2 aromatic rings. The van der Waals surface area contributed by atoms with Gasteiger partial charge in [0.2, 0.25) is 0 Å². The summed E-state index contributed by atoms with van der Waals surface area (Å²) < 4.78 is 0.974. The highest BCUT2D eigenvalue weighted by molar-refractivity contribution is 9.10. The highest BCUT2D eigenvalue weighted by Crippen LogP contribution is 2.15. The summed E-state index contributed by atoms with van der Waals surface area (Å²) in [4.78, 5) is 16.4. The number of aromatic nitrogens is 1. The van der Waals surface area contributed by atoms with Crippen LogP contribution in [0.25, 0.3) is 0 Å². The second-order valence-electron chi connectivity index (χ2n) is 5.02. The summed E-state index contributed by atoms with van der Waals surface area (Å²) in [5.41, 5.74) is 2.08. The van der Waals surface area contributed by atoms with Crippen LogP contribution in [-0.2, 0) is 0 Å². The number of hydrogen-bond acceptors (Lipinski definition) is 3. The largest absolute Gasteiger partial charge is 0.385 e. The quantitative estimate of drug-likeness (QED) is 0.702. The molecule has 116 valence electrons. The van der Waals surface area contributed by atoms with Crippen molar-refractivity contribution in [3.05, 3.63) is 52.8 Å². The number of anilines is 2. The van der Waals surface area contributed by atoms with Crippen molar-refractivity contribution in [2.24, 2.45) is 0 Å². The van der Waals surface area contributed by atoms with Gasteiger partial charge in [0.1, 0.15) is 5.69 Å². The number of unbranched alkanes of at least 4 members (excludes halogenated alkanes) is 2. The molecule has 0 unspecified atom stereocenters. The number of amides is 1. The number of nitrogens with zero attached hydrogens (tertiary/aromatic N) is 1. The van der Waals surface area contributed by atoms with E-state index in [0.717, 1.165) is 28.8 Å². The number of rotatable bonds is 7. The highest BCUT2D eigenvalue weighted by Gasteiger charge is 2.08. The molecule has 0 spiro atoms. The van der Waals surface area contributed by atoms with Crippen molar-refractivity contribution < 1.29 is 4.79 Å². The van der Waals surface area contributed by atoms with Gasteiger partial charge in [0.15, 0.2) is 0 Å². The normalized spacial score (nSPS) is 10.3. The molecule has 0 fully saturated rings. The maximum absolute atomic E-state index is 12.2. The minimum absolute atomic E-state index is 0.209. The Labute approximate surface area is 139 Å². The number of benzene rings is 1. The number of hydrogen-bond donors (Lipinski definition) is 2. The van der Waals surface area contributed by atoms with Crippen molar-refractivity contribution in [2.75, 3.05) is 17.2 Å². The van der Waals surface area contributed by atoms with E-state index in [1.54, 1.807) is 12.3 Å². The number of halogens is 1. The lowest BCUT2D eigenvalue weighted by Gasteiger charge is -2.08. The molecule has 0 atom stereocenters. The first-order chi connectivity index (χ1) is 10.7. The fourth-order valence-electron chi connectivity index (χ4n) is 2.00. The zero-order chi connectivity index (χ0) is 15.8. The number of carbonyl (C=O) groups excluding carboxylic acids is 1. The minimum Gasteiger partial charge on any atom is -0.385 e. The first-order valence-corrected chi connectivity index (χ1v) is 8.25. The molecule has 0 aliphatic carbocycles. The van der Waals surface area contributed by atoms with Gasteiger partial charge in [-0.15, -0.1) is 0 Å². The molecule has 22 heavy (non-hydrogen) atoms. The third-order valence-electron chi connectivity index (χ3n) is 3.20. The lowest BCUT2D eigenvalue weighted by molar-refractivity contribution is 0.102. The van der Waals surface area contributed by atoms with E-state index in [4.69, 9.17) is 0 Å². The zero-order valence-electron chi connectivity index (χ0n) is 12.6. The molecule has 0 saturated carbocycles. The molecule has 2 N–H and O–H groups in total. The second kappa shape index (κ2) is 8.54. The Hall–Kier alpha value is -1.88. The number of carbonyl (C=O) groups is 1. The topological polar surface area (TPSA) is 54.0 Å². The molecular weight excluding hydrogens is 342 g/mol. The number of pyridine rings is 1. The molecule has 0 bridgehead atoms. The molecule has 5 heteroatoms. The SMILES string of the molecule is CCCCCNc1ccnc(C(=O)Nc2ccc(Br)cc2)c1. The maximum atomic E-state index is 12.2. The molecular formula is C17H20BrN3O. The summed E-state index contributed by atoms with van der Waals surface area (Å²) in [6.45, 7) is 3.09. The maximum Gasteiger partial charge on any atom is 0.274 e. The van der Waals surface area contributed by atoms with Crippen LogP contribution in [0, 0.1) is 0 Å². The summed E-state index contributed by atoms with van der Waals surface area (Å²) in [7, 11) is 0. The summed E-state index contributed by atoms with van der Waals surface area (Å²) in [6, 6.07) is 11.1. The van der Waals surface area contributed by atoms with E-state index in [1.807, 2.05) is 30.3 Å². The van der Waals surface area contributed by atoms with Crippen molar-refractivity contribution in [2.45, 2.75) is 26.2 Å². The third-order valence-corrected chi connectivity index (χ3v) is 3.73. The van der Waals surface area contributed by atoms with Crippen LogP contribution in [-0.4, -0.2) is 17.4 Å². The zero-order valence-corrected chi connectivity index (χ0v) is 14.2. The van der Waals surface area contributed by atoms with Gasteiger partial charge in [-0.05, 0) is 42.8 Å². The molecule has 1 aromatic heterocycles. The van der Waals surface area contributed by atoms with Crippen LogP contribution in [0.1, 0.15) is 36.7 Å². The Bertz CT molecular complexity index is 614. The Morgan fingerprint density at radius 3 is 2.64 bits per heavy atom. The van der Waals surface area contributed by atoms with Crippen molar-refractivity contribution in [1.82, 2.24) is 4.98 Å². The van der Waals surface area contributed by atoms with Gasteiger partial charge in [0, 0.05) is 28.6 Å². The fraction of sp³-hybridized carbons (Fsp3) is 0.294. The van der Waals surface area contributed by atoms with Crippen molar-refractivity contribution in [3.63, 3.8) is 0 Å². The monoisotopic (exact) mass is 361 g/mol. The van der Waals surface area contributed by atoms with Crippen molar-refractivity contribution >= 4 is 33.2 Å². The van der Waals surface area contributed by atoms with Crippen LogP contribution in [0.2, 0.25) is 0 Å². The molecule has 0 saturated heterocycles. The minimum atomic E-state index is -0.209. The predicted molar refractivity (Wildman–Crippen MR) is 94.3 cm³/mol. The van der Waals surface area contributed by atoms with Crippen LogP contribution >= 0.6 is 15.9 Å². The van der Waals surface area contributed by atoms with Gasteiger partial charge < -0.3 is 10.6 Å². The van der Waals surface area contributed by atoms with Gasteiger partial charge in [-0.25, -0.2) is 0 Å². The van der Waals surface area contributed by atoms with Crippen molar-refractivity contribution in [3.8, 4) is 0 Å². The molecule has 0 radical (unpaired) electrons. The van der Waals surface area contributed by atoms with Crippen LogP contribution in [0.15, 0.2) is 47.1 Å². The molecule has 0 aliphatic heterocycles. The van der Waals surface area contributed by atoms with Crippen LogP contribution in [0.3, 0.4) is 0 Å². The second-order valence-corrected chi connectivity index (χ2v) is 5.94. The van der Waals surface area contributed by atoms with E-state index in [1.165, 1.54) is 12.8 Å². The van der Waals surface area contributed by atoms with E-state index in [2.05, 4.69) is 38.5 Å². The Balaban J connectivity index is 1.96. The molecule has 1 aromatic carbocycles. The van der Waals surface area contributed by atoms with Crippen molar-refractivity contribution in [1.29, 1.82) is 0 Å². The van der Waals surface area contributed by atoms with Crippen LogP contribution in [0.5, 0.6) is 0 Å². The van der Waals surface area contributed by atoms with Crippen LogP contribution in [0.4, 0.5) is 11.4 Å². The average molecular weight is 362 g/mol.